The molecule has 0 radical (unpaired) electrons. The molecule has 1 heterocycles. The molecule has 2 rings (SSSR count). The van der Waals surface area contributed by atoms with Gasteiger partial charge in [0.25, 0.3) is 0 Å². The fourth-order valence-electron chi connectivity index (χ4n) is 2.60. The van der Waals surface area contributed by atoms with Crippen LogP contribution in [0.1, 0.15) is 30.4 Å². The lowest BCUT2D eigenvalue weighted by molar-refractivity contribution is -0.137. The van der Waals surface area contributed by atoms with E-state index in [9.17, 15) is 4.79 Å². The number of carbonyl (C=O) groups is 1. The predicted molar refractivity (Wildman–Crippen MR) is 110 cm³/mol. The lowest BCUT2D eigenvalue weighted by atomic mass is 9.97. The quantitative estimate of drug-likeness (QED) is 0.331. The number of benzene rings is 1. The Balaban J connectivity index is 2.33. The van der Waals surface area contributed by atoms with Crippen LogP contribution in [-0.4, -0.2) is 41.0 Å². The summed E-state index contributed by atoms with van der Waals surface area (Å²) in [7, 11) is 3.60. The summed E-state index contributed by atoms with van der Waals surface area (Å²) in [6.45, 7) is 0. The largest absolute Gasteiger partial charge is 0.481 e. The summed E-state index contributed by atoms with van der Waals surface area (Å²) >= 11 is 0. The average Bonchev–Trinajstić information content (AvgIpc) is 2.68. The highest BCUT2D eigenvalue weighted by molar-refractivity contribution is 5.94. The summed E-state index contributed by atoms with van der Waals surface area (Å²) in [6, 6.07) is 11.6. The third kappa shape index (κ3) is 6.25. The van der Waals surface area contributed by atoms with Crippen LogP contribution in [0.25, 0.3) is 5.57 Å². The Morgan fingerprint density at radius 3 is 2.75 bits per heavy atom. The molecule has 0 fully saturated rings. The molecule has 1 aromatic carbocycles. The number of pyridine rings is 1. The van der Waals surface area contributed by atoms with E-state index in [1.54, 1.807) is 37.6 Å². The van der Waals surface area contributed by atoms with Crippen LogP contribution in [0, 0.1) is 11.5 Å². The summed E-state index contributed by atoms with van der Waals surface area (Å²) in [5.74, 6) is -0.358. The Kier molecular flexibility index (Phi) is 7.73. The summed E-state index contributed by atoms with van der Waals surface area (Å²) in [4.78, 5) is 20.5. The van der Waals surface area contributed by atoms with Gasteiger partial charge in [0.1, 0.15) is 0 Å². The molecule has 0 amide bonds. The maximum absolute atomic E-state index is 10.8. The number of guanidine groups is 1. The monoisotopic (exact) mass is 377 g/mol. The first kappa shape index (κ1) is 20.6. The fraction of sp³-hybridized carbons (Fsp3) is 0.238. The molecule has 28 heavy (non-hydrogen) atoms. The van der Waals surface area contributed by atoms with Crippen LogP contribution in [0.2, 0.25) is 0 Å². The number of nitriles is 1. The smallest absolute Gasteiger partial charge is 0.303 e. The minimum Gasteiger partial charge on any atom is -0.481 e. The number of hydrogen-bond acceptors (Lipinski definition) is 4. The highest BCUT2D eigenvalue weighted by Crippen LogP contribution is 2.26. The molecule has 7 nitrogen and oxygen atoms in total. The number of carboxylic acids is 1. The second kappa shape index (κ2) is 10.5. The normalized spacial score (nSPS) is 11.6. The van der Waals surface area contributed by atoms with Crippen molar-refractivity contribution in [2.24, 2.45) is 4.99 Å². The molecule has 0 saturated carbocycles. The van der Waals surface area contributed by atoms with Crippen molar-refractivity contribution in [3.63, 3.8) is 0 Å². The number of hydrogen-bond donors (Lipinski definition) is 2. The predicted octanol–water partition coefficient (Wildman–Crippen LogP) is 3.58. The van der Waals surface area contributed by atoms with E-state index in [-0.39, 0.29) is 6.42 Å². The Morgan fingerprint density at radius 1 is 1.32 bits per heavy atom. The molecular formula is C21H23N5O2. The number of allylic oxidation sites excluding steroid dienone is 1. The molecule has 0 atom stereocenters. The molecule has 0 spiro atoms. The van der Waals surface area contributed by atoms with Crippen molar-refractivity contribution in [2.45, 2.75) is 19.3 Å². The average molecular weight is 377 g/mol. The van der Waals surface area contributed by atoms with Crippen molar-refractivity contribution in [1.82, 2.24) is 9.88 Å². The second-order valence-corrected chi connectivity index (χ2v) is 6.28. The molecule has 0 aliphatic rings. The topological polar surface area (TPSA) is 102 Å². The van der Waals surface area contributed by atoms with E-state index < -0.39 is 5.97 Å². The SMILES string of the molecule is CN(C)/C(=N/C#N)Nc1cccc(/C(=C\CCCC(=O)O)c2cccnc2)c1. The summed E-state index contributed by atoms with van der Waals surface area (Å²) in [6.07, 6.45) is 8.67. The van der Waals surface area contributed by atoms with E-state index in [4.69, 9.17) is 10.4 Å². The van der Waals surface area contributed by atoms with Gasteiger partial charge in [-0.05, 0) is 42.2 Å². The van der Waals surface area contributed by atoms with E-state index >= 15 is 0 Å². The van der Waals surface area contributed by atoms with Crippen molar-refractivity contribution < 1.29 is 9.90 Å². The van der Waals surface area contributed by atoms with Gasteiger partial charge >= 0.3 is 5.97 Å². The molecular weight excluding hydrogens is 354 g/mol. The first-order valence-corrected chi connectivity index (χ1v) is 8.85. The van der Waals surface area contributed by atoms with Crippen LogP contribution in [0.15, 0.2) is 59.9 Å². The van der Waals surface area contributed by atoms with Gasteiger partial charge in [-0.1, -0.05) is 24.3 Å². The number of unbranched alkanes of at least 4 members (excludes halogenated alkanes) is 1. The van der Waals surface area contributed by atoms with E-state index in [0.29, 0.717) is 18.8 Å². The highest BCUT2D eigenvalue weighted by Gasteiger charge is 2.08. The second-order valence-electron chi connectivity index (χ2n) is 6.28. The number of carboxylic acid groups (broad SMARTS) is 1. The van der Waals surface area contributed by atoms with E-state index in [1.165, 1.54) is 0 Å². The van der Waals surface area contributed by atoms with Crippen LogP contribution >= 0.6 is 0 Å². The third-order valence-corrected chi connectivity index (χ3v) is 3.92. The van der Waals surface area contributed by atoms with Crippen molar-refractivity contribution in [2.75, 3.05) is 19.4 Å². The van der Waals surface area contributed by atoms with Gasteiger partial charge in [-0.15, -0.1) is 4.99 Å². The van der Waals surface area contributed by atoms with Gasteiger partial charge in [-0.2, -0.15) is 5.26 Å². The van der Waals surface area contributed by atoms with Crippen LogP contribution < -0.4 is 5.32 Å². The van der Waals surface area contributed by atoms with Crippen LogP contribution in [0.3, 0.4) is 0 Å². The Labute approximate surface area is 164 Å². The minimum absolute atomic E-state index is 0.134. The maximum Gasteiger partial charge on any atom is 0.303 e. The van der Waals surface area contributed by atoms with Gasteiger partial charge in [0.15, 0.2) is 0 Å². The maximum atomic E-state index is 10.8. The molecule has 2 aromatic rings. The summed E-state index contributed by atoms with van der Waals surface area (Å²) < 4.78 is 0. The summed E-state index contributed by atoms with van der Waals surface area (Å²) in [5.41, 5.74) is 3.68. The van der Waals surface area contributed by atoms with E-state index in [2.05, 4.69) is 15.3 Å². The summed E-state index contributed by atoms with van der Waals surface area (Å²) in [5, 5.41) is 20.8. The van der Waals surface area contributed by atoms with Crippen molar-refractivity contribution >= 4 is 23.2 Å². The molecule has 0 saturated heterocycles. The number of anilines is 1. The molecule has 0 aliphatic heterocycles. The Hall–Kier alpha value is -3.66. The molecule has 2 N–H and O–H groups in total. The first-order valence-electron chi connectivity index (χ1n) is 8.85. The zero-order valence-corrected chi connectivity index (χ0v) is 16.0. The number of nitrogens with zero attached hydrogens (tertiary/aromatic N) is 4. The zero-order chi connectivity index (χ0) is 20.4. The van der Waals surface area contributed by atoms with Crippen molar-refractivity contribution in [3.8, 4) is 6.19 Å². The number of rotatable bonds is 7. The Bertz CT molecular complexity index is 899. The molecule has 0 unspecified atom stereocenters. The van der Waals surface area contributed by atoms with Gasteiger partial charge in [0.2, 0.25) is 12.2 Å². The Morgan fingerprint density at radius 2 is 2.11 bits per heavy atom. The first-order chi connectivity index (χ1) is 13.5. The zero-order valence-electron chi connectivity index (χ0n) is 16.0. The van der Waals surface area contributed by atoms with Gasteiger partial charge in [-0.25, -0.2) is 0 Å². The molecule has 144 valence electrons. The standard InChI is InChI=1S/C21H23N5O2/c1-26(2)21(24-15-22)25-18-9-5-7-16(13-18)19(10-3-4-11-20(27)28)17-8-6-12-23-14-17/h5-10,12-14H,3-4,11H2,1-2H3,(H,24,25)(H,27,28)/b19-10+. The van der Waals surface area contributed by atoms with Gasteiger partial charge in [0.05, 0.1) is 0 Å². The number of aliphatic imine (C=N–C) groups is 1. The number of aromatic nitrogens is 1. The van der Waals surface area contributed by atoms with Crippen LogP contribution in [0.4, 0.5) is 5.69 Å². The minimum atomic E-state index is -0.796. The van der Waals surface area contributed by atoms with E-state index in [1.807, 2.05) is 42.5 Å². The third-order valence-electron chi connectivity index (χ3n) is 3.92. The molecule has 1 aromatic heterocycles. The number of nitrogens with one attached hydrogen (secondary N) is 1. The van der Waals surface area contributed by atoms with Crippen molar-refractivity contribution in [1.29, 1.82) is 5.26 Å². The molecule has 7 heteroatoms. The van der Waals surface area contributed by atoms with Gasteiger partial charge in [-0.3, -0.25) is 9.78 Å². The fourth-order valence-corrected chi connectivity index (χ4v) is 2.60. The lowest BCUT2D eigenvalue weighted by Gasteiger charge is -2.17. The number of aliphatic carboxylic acids is 1. The molecule has 0 aliphatic carbocycles. The van der Waals surface area contributed by atoms with Crippen LogP contribution in [-0.2, 0) is 4.79 Å². The molecule has 0 bridgehead atoms. The van der Waals surface area contributed by atoms with Gasteiger partial charge in [0, 0.05) is 44.2 Å². The van der Waals surface area contributed by atoms with Crippen molar-refractivity contribution in [3.05, 3.63) is 66.0 Å². The van der Waals surface area contributed by atoms with Gasteiger partial charge < -0.3 is 15.3 Å². The van der Waals surface area contributed by atoms with E-state index in [0.717, 1.165) is 22.4 Å². The van der Waals surface area contributed by atoms with Crippen LogP contribution in [0.5, 0.6) is 0 Å². The highest BCUT2D eigenvalue weighted by atomic mass is 16.4. The lowest BCUT2D eigenvalue weighted by Crippen LogP contribution is -2.29.